The zero-order valence-corrected chi connectivity index (χ0v) is 13.0. The van der Waals surface area contributed by atoms with E-state index in [1.807, 2.05) is 29.8 Å². The number of amides is 1. The minimum Gasteiger partial charge on any atom is -0.309 e. The van der Waals surface area contributed by atoms with Gasteiger partial charge in [0.1, 0.15) is 0 Å². The third-order valence-electron chi connectivity index (χ3n) is 4.75. The highest BCUT2D eigenvalue weighted by Crippen LogP contribution is 2.42. The Balaban J connectivity index is 1.95. The zero-order chi connectivity index (χ0) is 15.0. The van der Waals surface area contributed by atoms with E-state index in [2.05, 4.69) is 30.3 Å². The molecule has 2 aromatic rings. The second kappa shape index (κ2) is 5.51. The smallest absolute Gasteiger partial charge is 0.228 e. The van der Waals surface area contributed by atoms with Gasteiger partial charge in [0, 0.05) is 17.7 Å². The number of carbonyl (C=O) groups excluding carboxylic acids is 1. The van der Waals surface area contributed by atoms with E-state index in [1.54, 1.807) is 0 Å². The van der Waals surface area contributed by atoms with Crippen molar-refractivity contribution in [3.8, 4) is 0 Å². The maximum atomic E-state index is 12.4. The van der Waals surface area contributed by atoms with E-state index < -0.39 is 0 Å². The fourth-order valence-corrected chi connectivity index (χ4v) is 2.74. The summed E-state index contributed by atoms with van der Waals surface area (Å²) >= 11 is 0. The molecule has 1 saturated carbocycles. The Hall–Kier alpha value is -1.84. The first-order valence-electron chi connectivity index (χ1n) is 7.86. The topological polar surface area (TPSA) is 46.4 Å². The first kappa shape index (κ1) is 14.1. The molecule has 0 spiro atoms. The number of aromatic nitrogens is 2. The largest absolute Gasteiger partial charge is 0.309 e. The number of fused-ring (bicyclic) bond motifs is 1. The maximum Gasteiger partial charge on any atom is 0.228 e. The number of pyridine rings is 1. The molecule has 2 heterocycles. The second-order valence-corrected chi connectivity index (χ2v) is 6.44. The lowest BCUT2D eigenvalue weighted by Gasteiger charge is -2.26. The highest BCUT2D eigenvalue weighted by atomic mass is 16.2. The lowest BCUT2D eigenvalue weighted by Crippen LogP contribution is -2.25. The average Bonchev–Trinajstić information content (AvgIpc) is 2.74. The van der Waals surface area contributed by atoms with Crippen molar-refractivity contribution in [2.75, 3.05) is 5.32 Å². The van der Waals surface area contributed by atoms with Crippen molar-refractivity contribution >= 4 is 17.2 Å². The van der Waals surface area contributed by atoms with Gasteiger partial charge in [0.25, 0.3) is 0 Å². The van der Waals surface area contributed by atoms with Crippen molar-refractivity contribution < 1.29 is 4.79 Å². The molecule has 1 aliphatic carbocycles. The van der Waals surface area contributed by atoms with Gasteiger partial charge >= 0.3 is 0 Å². The predicted molar refractivity (Wildman–Crippen MR) is 84.4 cm³/mol. The van der Waals surface area contributed by atoms with Crippen molar-refractivity contribution in [1.82, 2.24) is 9.61 Å². The molecular formula is C17H23N3O. The number of anilines is 1. The van der Waals surface area contributed by atoms with Gasteiger partial charge in [-0.15, -0.1) is 5.10 Å². The Morgan fingerprint density at radius 2 is 2.10 bits per heavy atom. The van der Waals surface area contributed by atoms with Gasteiger partial charge in [0.15, 0.2) is 5.82 Å². The number of rotatable bonds is 4. The summed E-state index contributed by atoms with van der Waals surface area (Å²) in [7, 11) is 0. The molecule has 112 valence electrons. The van der Waals surface area contributed by atoms with E-state index in [0.717, 1.165) is 11.3 Å². The van der Waals surface area contributed by atoms with Gasteiger partial charge in [0.2, 0.25) is 5.91 Å². The van der Waals surface area contributed by atoms with Crippen LogP contribution in [0.2, 0.25) is 0 Å². The molecule has 0 aromatic carbocycles. The normalized spacial score (nSPS) is 17.0. The predicted octanol–water partition coefficient (Wildman–Crippen LogP) is 3.83. The molecule has 1 aliphatic rings. The van der Waals surface area contributed by atoms with Crippen molar-refractivity contribution in [3.05, 3.63) is 30.0 Å². The molecule has 4 nitrogen and oxygen atoms in total. The third-order valence-corrected chi connectivity index (χ3v) is 4.75. The fourth-order valence-electron chi connectivity index (χ4n) is 2.74. The summed E-state index contributed by atoms with van der Waals surface area (Å²) in [6, 6.07) is 6.08. The molecule has 1 fully saturated rings. The molecule has 0 aliphatic heterocycles. The first-order chi connectivity index (χ1) is 10.1. The van der Waals surface area contributed by atoms with E-state index >= 15 is 0 Å². The summed E-state index contributed by atoms with van der Waals surface area (Å²) in [6.07, 6.45) is 5.60. The van der Waals surface area contributed by atoms with Crippen molar-refractivity contribution in [1.29, 1.82) is 0 Å². The minimum atomic E-state index is -0.0101. The van der Waals surface area contributed by atoms with Crippen LogP contribution in [0.4, 0.5) is 5.82 Å². The van der Waals surface area contributed by atoms with Crippen LogP contribution >= 0.6 is 0 Å². The van der Waals surface area contributed by atoms with Crippen LogP contribution in [0.5, 0.6) is 0 Å². The fraction of sp³-hybridized carbons (Fsp3) is 0.529. The number of hydrogen-bond acceptors (Lipinski definition) is 2. The number of nitrogens with one attached hydrogen (secondary N) is 1. The summed E-state index contributed by atoms with van der Waals surface area (Å²) in [5.74, 6) is 1.67. The Morgan fingerprint density at radius 3 is 2.71 bits per heavy atom. The Labute approximate surface area is 125 Å². The van der Waals surface area contributed by atoms with Crippen LogP contribution < -0.4 is 5.32 Å². The lowest BCUT2D eigenvalue weighted by atomic mass is 9.80. The van der Waals surface area contributed by atoms with Gasteiger partial charge < -0.3 is 5.32 Å². The SMILES string of the molecule is CC(C)[C@H](C)C(=O)Nc1nn2ccccc2c1C1CCC1. The summed E-state index contributed by atoms with van der Waals surface area (Å²) in [6.45, 7) is 6.11. The molecule has 1 N–H and O–H groups in total. The summed E-state index contributed by atoms with van der Waals surface area (Å²) < 4.78 is 1.88. The lowest BCUT2D eigenvalue weighted by molar-refractivity contribution is -0.120. The van der Waals surface area contributed by atoms with E-state index in [1.165, 1.54) is 24.8 Å². The maximum absolute atomic E-state index is 12.4. The first-order valence-corrected chi connectivity index (χ1v) is 7.86. The molecule has 1 amide bonds. The van der Waals surface area contributed by atoms with E-state index in [0.29, 0.717) is 11.8 Å². The molecule has 2 aromatic heterocycles. The summed E-state index contributed by atoms with van der Waals surface area (Å²) in [5, 5.41) is 7.64. The Bertz CT molecular complexity index is 655. The van der Waals surface area contributed by atoms with Crippen LogP contribution in [-0.4, -0.2) is 15.5 Å². The molecular weight excluding hydrogens is 262 g/mol. The molecule has 0 unspecified atom stereocenters. The molecule has 4 heteroatoms. The van der Waals surface area contributed by atoms with Crippen molar-refractivity contribution in [3.63, 3.8) is 0 Å². The van der Waals surface area contributed by atoms with Gasteiger partial charge in [-0.1, -0.05) is 33.3 Å². The summed E-state index contributed by atoms with van der Waals surface area (Å²) in [5.41, 5.74) is 2.33. The minimum absolute atomic E-state index is 0.0101. The van der Waals surface area contributed by atoms with Crippen molar-refractivity contribution in [2.24, 2.45) is 11.8 Å². The van der Waals surface area contributed by atoms with Crippen molar-refractivity contribution in [2.45, 2.75) is 46.0 Å². The number of nitrogens with zero attached hydrogens (tertiary/aromatic N) is 2. The molecule has 3 rings (SSSR count). The van der Waals surface area contributed by atoms with E-state index in [9.17, 15) is 4.79 Å². The Morgan fingerprint density at radius 1 is 1.33 bits per heavy atom. The van der Waals surface area contributed by atoms with E-state index in [-0.39, 0.29) is 11.8 Å². The van der Waals surface area contributed by atoms with Crippen LogP contribution in [0.3, 0.4) is 0 Å². The van der Waals surface area contributed by atoms with Crippen LogP contribution in [-0.2, 0) is 4.79 Å². The second-order valence-electron chi connectivity index (χ2n) is 6.44. The van der Waals surface area contributed by atoms with E-state index in [4.69, 9.17) is 0 Å². The van der Waals surface area contributed by atoms with Crippen LogP contribution in [0.15, 0.2) is 24.4 Å². The van der Waals surface area contributed by atoms with Gasteiger partial charge in [0.05, 0.1) is 5.52 Å². The molecule has 1 atom stereocenters. The highest BCUT2D eigenvalue weighted by Gasteiger charge is 2.28. The number of hydrogen-bond donors (Lipinski definition) is 1. The van der Waals surface area contributed by atoms with Gasteiger partial charge in [-0.05, 0) is 36.8 Å². The standard InChI is InChI=1S/C17H23N3O/c1-11(2)12(3)17(21)18-16-15(13-7-6-8-13)14-9-4-5-10-20(14)19-16/h4-5,9-13H,6-8H2,1-3H3,(H,18,19,21)/t12-/m0/s1. The van der Waals surface area contributed by atoms with Gasteiger partial charge in [-0.25, -0.2) is 4.52 Å². The Kier molecular flexibility index (Phi) is 3.70. The molecule has 21 heavy (non-hydrogen) atoms. The monoisotopic (exact) mass is 285 g/mol. The number of carbonyl (C=O) groups is 1. The van der Waals surface area contributed by atoms with Crippen LogP contribution in [0.25, 0.3) is 5.52 Å². The molecule has 0 radical (unpaired) electrons. The van der Waals surface area contributed by atoms with Crippen LogP contribution in [0, 0.1) is 11.8 Å². The van der Waals surface area contributed by atoms with Crippen LogP contribution in [0.1, 0.15) is 51.5 Å². The van der Waals surface area contributed by atoms with Gasteiger partial charge in [-0.3, -0.25) is 4.79 Å². The summed E-state index contributed by atoms with van der Waals surface area (Å²) in [4.78, 5) is 12.4. The average molecular weight is 285 g/mol. The molecule has 0 bridgehead atoms. The third kappa shape index (κ3) is 2.55. The molecule has 0 saturated heterocycles. The quantitative estimate of drug-likeness (QED) is 0.928. The zero-order valence-electron chi connectivity index (χ0n) is 13.0. The van der Waals surface area contributed by atoms with Gasteiger partial charge in [-0.2, -0.15) is 0 Å². The highest BCUT2D eigenvalue weighted by molar-refractivity contribution is 5.93.